The highest BCUT2D eigenvalue weighted by atomic mass is 16.5. The van der Waals surface area contributed by atoms with Crippen LogP contribution in [-0.4, -0.2) is 57.7 Å². The molecule has 0 radical (unpaired) electrons. The topological polar surface area (TPSA) is 114 Å². The smallest absolute Gasteiger partial charge is 0.263 e. The summed E-state index contributed by atoms with van der Waals surface area (Å²) in [4.78, 5) is 43.2. The Morgan fingerprint density at radius 3 is 2.77 bits per heavy atom. The van der Waals surface area contributed by atoms with Crippen LogP contribution in [0, 0.1) is 5.92 Å². The largest absolute Gasteiger partial charge is 0.491 e. The van der Waals surface area contributed by atoms with Crippen LogP contribution in [0.3, 0.4) is 0 Å². The Morgan fingerprint density at radius 1 is 1.14 bits per heavy atom. The lowest BCUT2D eigenvalue weighted by Crippen LogP contribution is -2.34. The molecule has 1 aliphatic carbocycles. The first kappa shape index (κ1) is 25.2. The summed E-state index contributed by atoms with van der Waals surface area (Å²) in [5.74, 6) is 1.27. The number of aromatic nitrogens is 2. The molecule has 2 aliphatic rings. The molecular weight excluding hydrogens is 448 g/mol. The van der Waals surface area contributed by atoms with Crippen LogP contribution in [0.5, 0.6) is 5.75 Å². The number of anilines is 1. The van der Waals surface area contributed by atoms with E-state index in [-0.39, 0.29) is 36.5 Å². The molecule has 1 aromatic heterocycles. The number of hydrogen-bond donors (Lipinski definition) is 2. The van der Waals surface area contributed by atoms with E-state index >= 15 is 0 Å². The normalized spacial score (nSPS) is 15.7. The summed E-state index contributed by atoms with van der Waals surface area (Å²) in [7, 11) is 0. The monoisotopic (exact) mass is 484 g/mol. The molecule has 190 valence electrons. The van der Waals surface area contributed by atoms with Crippen LogP contribution in [0.25, 0.3) is 10.9 Å². The molecule has 1 aliphatic heterocycles. The molecule has 2 heterocycles. The second kappa shape index (κ2) is 12.2. The van der Waals surface area contributed by atoms with Gasteiger partial charge < -0.3 is 14.7 Å². The van der Waals surface area contributed by atoms with Gasteiger partial charge in [-0.2, -0.15) is 0 Å². The van der Waals surface area contributed by atoms with E-state index in [1.54, 1.807) is 23.1 Å². The van der Waals surface area contributed by atoms with Crippen molar-refractivity contribution in [2.45, 2.75) is 70.8 Å². The van der Waals surface area contributed by atoms with Gasteiger partial charge in [-0.05, 0) is 30.9 Å². The summed E-state index contributed by atoms with van der Waals surface area (Å²) in [6.07, 6.45) is 10.9. The average molecular weight is 485 g/mol. The van der Waals surface area contributed by atoms with E-state index in [2.05, 4.69) is 10.3 Å². The van der Waals surface area contributed by atoms with Crippen LogP contribution in [-0.2, 0) is 16.1 Å². The van der Waals surface area contributed by atoms with Crippen molar-refractivity contribution in [1.29, 1.82) is 0 Å². The minimum Gasteiger partial charge on any atom is -0.491 e. The molecule has 4 rings (SSSR count). The summed E-state index contributed by atoms with van der Waals surface area (Å²) in [6, 6.07) is 5.12. The molecule has 0 unspecified atom stereocenters. The summed E-state index contributed by atoms with van der Waals surface area (Å²) < 4.78 is 7.19. The number of unbranched alkanes of at least 4 members (excludes halogenated alkanes) is 1. The Hall–Kier alpha value is -2.94. The van der Waals surface area contributed by atoms with E-state index in [9.17, 15) is 19.5 Å². The molecule has 0 atom stereocenters. The van der Waals surface area contributed by atoms with Crippen LogP contribution in [0.2, 0.25) is 0 Å². The first-order valence-corrected chi connectivity index (χ1v) is 12.9. The highest BCUT2D eigenvalue weighted by Crippen LogP contribution is 2.28. The molecule has 35 heavy (non-hydrogen) atoms. The second-order valence-electron chi connectivity index (χ2n) is 9.58. The van der Waals surface area contributed by atoms with Gasteiger partial charge in [0.1, 0.15) is 17.8 Å². The molecular formula is C26H36N4O5. The SMILES string of the molecule is O=C1Cn2c(nc3c(OCCCC(=O)N(CCO)CCCCC4CCCCC4)cccc3c2=O)N1. The summed E-state index contributed by atoms with van der Waals surface area (Å²) in [5.41, 5.74) is 0.115. The van der Waals surface area contributed by atoms with Crippen molar-refractivity contribution < 1.29 is 19.4 Å². The third kappa shape index (κ3) is 6.39. The van der Waals surface area contributed by atoms with Crippen molar-refractivity contribution in [2.24, 2.45) is 5.92 Å². The van der Waals surface area contributed by atoms with Gasteiger partial charge in [0.15, 0.2) is 0 Å². The van der Waals surface area contributed by atoms with Crippen LogP contribution >= 0.6 is 0 Å². The van der Waals surface area contributed by atoms with Gasteiger partial charge in [-0.25, -0.2) is 4.98 Å². The number of rotatable bonds is 12. The minimum absolute atomic E-state index is 0.0233. The van der Waals surface area contributed by atoms with Gasteiger partial charge in [-0.3, -0.25) is 24.3 Å². The van der Waals surface area contributed by atoms with Crippen molar-refractivity contribution in [2.75, 3.05) is 31.6 Å². The maximum atomic E-state index is 12.7. The Kier molecular flexibility index (Phi) is 8.74. The quantitative estimate of drug-likeness (QED) is 0.448. The van der Waals surface area contributed by atoms with Crippen LogP contribution < -0.4 is 15.6 Å². The van der Waals surface area contributed by atoms with Crippen molar-refractivity contribution in [1.82, 2.24) is 14.5 Å². The lowest BCUT2D eigenvalue weighted by molar-refractivity contribution is -0.132. The van der Waals surface area contributed by atoms with Gasteiger partial charge in [0, 0.05) is 19.5 Å². The molecule has 9 nitrogen and oxygen atoms in total. The number of carbonyl (C=O) groups excluding carboxylic acids is 2. The molecule has 0 spiro atoms. The van der Waals surface area contributed by atoms with Gasteiger partial charge in [-0.1, -0.05) is 51.0 Å². The molecule has 2 N–H and O–H groups in total. The van der Waals surface area contributed by atoms with E-state index in [4.69, 9.17) is 4.74 Å². The van der Waals surface area contributed by atoms with Crippen LogP contribution in [0.1, 0.15) is 64.2 Å². The second-order valence-corrected chi connectivity index (χ2v) is 9.58. The van der Waals surface area contributed by atoms with Crippen molar-refractivity contribution >= 4 is 28.7 Å². The van der Waals surface area contributed by atoms with Gasteiger partial charge in [-0.15, -0.1) is 0 Å². The lowest BCUT2D eigenvalue weighted by atomic mass is 9.86. The number of para-hydroxylation sites is 1. The predicted octanol–water partition coefficient (Wildman–Crippen LogP) is 3.08. The highest BCUT2D eigenvalue weighted by Gasteiger charge is 2.23. The zero-order valence-electron chi connectivity index (χ0n) is 20.3. The Labute approximate surface area is 205 Å². The molecule has 2 amide bonds. The average Bonchev–Trinajstić information content (AvgIpc) is 3.25. The number of carbonyl (C=O) groups is 2. The first-order valence-electron chi connectivity index (χ1n) is 12.9. The van der Waals surface area contributed by atoms with Gasteiger partial charge in [0.25, 0.3) is 5.56 Å². The number of nitrogens with zero attached hydrogens (tertiary/aromatic N) is 3. The van der Waals surface area contributed by atoms with Gasteiger partial charge in [0.2, 0.25) is 17.8 Å². The number of hydrogen-bond acceptors (Lipinski definition) is 6. The van der Waals surface area contributed by atoms with Crippen molar-refractivity contribution in [3.63, 3.8) is 0 Å². The van der Waals surface area contributed by atoms with Gasteiger partial charge >= 0.3 is 0 Å². The fourth-order valence-corrected chi connectivity index (χ4v) is 5.14. The number of nitrogens with one attached hydrogen (secondary N) is 1. The molecule has 0 saturated heterocycles. The summed E-state index contributed by atoms with van der Waals surface area (Å²) >= 11 is 0. The van der Waals surface area contributed by atoms with Gasteiger partial charge in [0.05, 0.1) is 18.6 Å². The van der Waals surface area contributed by atoms with Crippen LogP contribution in [0.4, 0.5) is 5.95 Å². The lowest BCUT2D eigenvalue weighted by Gasteiger charge is -2.24. The number of ether oxygens (including phenoxy) is 1. The van der Waals surface area contributed by atoms with E-state index in [1.165, 1.54) is 43.1 Å². The number of aliphatic hydroxyl groups excluding tert-OH is 1. The minimum atomic E-state index is -0.285. The maximum absolute atomic E-state index is 12.7. The zero-order chi connectivity index (χ0) is 24.6. The highest BCUT2D eigenvalue weighted by molar-refractivity contribution is 5.95. The van der Waals surface area contributed by atoms with E-state index in [0.29, 0.717) is 49.2 Å². The third-order valence-electron chi connectivity index (χ3n) is 7.03. The van der Waals surface area contributed by atoms with Crippen molar-refractivity contribution in [3.8, 4) is 5.75 Å². The number of benzene rings is 1. The molecule has 1 saturated carbocycles. The fraction of sp³-hybridized carbons (Fsp3) is 0.615. The number of amides is 2. The summed E-state index contributed by atoms with van der Waals surface area (Å²) in [5, 5.41) is 12.4. The Bertz CT molecular complexity index is 1090. The van der Waals surface area contributed by atoms with Crippen LogP contribution in [0.15, 0.2) is 23.0 Å². The Morgan fingerprint density at radius 2 is 1.97 bits per heavy atom. The van der Waals surface area contributed by atoms with Crippen molar-refractivity contribution in [3.05, 3.63) is 28.6 Å². The maximum Gasteiger partial charge on any atom is 0.263 e. The molecule has 1 aromatic carbocycles. The fourth-order valence-electron chi connectivity index (χ4n) is 5.14. The van der Waals surface area contributed by atoms with E-state index < -0.39 is 0 Å². The first-order chi connectivity index (χ1) is 17.1. The number of fused-ring (bicyclic) bond motifs is 2. The zero-order valence-corrected chi connectivity index (χ0v) is 20.3. The van der Waals surface area contributed by atoms with E-state index in [1.807, 2.05) is 0 Å². The standard InChI is InChI=1S/C26H36N4O5/c31-16-15-29(14-5-4-10-19-8-2-1-3-9-19)23(33)13-7-17-35-21-12-6-11-20-24(21)28-26-27-22(32)18-30(26)25(20)34/h6,11-12,19,31H,1-5,7-10,13-18H2,(H,27,28,32). The molecule has 9 heteroatoms. The summed E-state index contributed by atoms with van der Waals surface area (Å²) in [6.45, 7) is 1.27. The predicted molar refractivity (Wildman–Crippen MR) is 133 cm³/mol. The third-order valence-corrected chi connectivity index (χ3v) is 7.03. The molecule has 2 aromatic rings. The van der Waals surface area contributed by atoms with E-state index in [0.717, 1.165) is 18.8 Å². The number of aliphatic hydroxyl groups is 1. The molecule has 1 fully saturated rings. The Balaban J connectivity index is 1.25. The molecule has 0 bridgehead atoms.